The van der Waals surface area contributed by atoms with Crippen LogP contribution in [0.5, 0.6) is 0 Å². The highest BCUT2D eigenvalue weighted by Gasteiger charge is 2.54. The number of amides is 1. The molecular weight excluding hydrogens is 320 g/mol. The van der Waals surface area contributed by atoms with Crippen LogP contribution in [0.4, 0.5) is 5.82 Å². The Morgan fingerprint density at radius 1 is 1.44 bits per heavy atom. The van der Waals surface area contributed by atoms with E-state index in [1.54, 1.807) is 24.1 Å². The monoisotopic (exact) mass is 342 g/mol. The van der Waals surface area contributed by atoms with Crippen molar-refractivity contribution in [2.45, 2.75) is 25.4 Å². The van der Waals surface area contributed by atoms with Crippen LogP contribution >= 0.6 is 0 Å². The van der Waals surface area contributed by atoms with Crippen LogP contribution in [0.15, 0.2) is 35.0 Å². The average molecular weight is 342 g/mol. The summed E-state index contributed by atoms with van der Waals surface area (Å²) < 4.78 is 11.0. The second-order valence-corrected chi connectivity index (χ2v) is 6.81. The summed E-state index contributed by atoms with van der Waals surface area (Å²) in [5, 5.41) is 7.16. The van der Waals surface area contributed by atoms with Crippen molar-refractivity contribution in [3.8, 4) is 0 Å². The van der Waals surface area contributed by atoms with Crippen molar-refractivity contribution in [1.29, 1.82) is 0 Å². The Morgan fingerprint density at radius 2 is 2.32 bits per heavy atom. The van der Waals surface area contributed by atoms with Crippen LogP contribution in [0.3, 0.4) is 0 Å². The number of hydrogen-bond donors (Lipinski definition) is 1. The van der Waals surface area contributed by atoms with E-state index in [0.717, 1.165) is 31.8 Å². The predicted octanol–water partition coefficient (Wildman–Crippen LogP) is 2.11. The smallest absolute Gasteiger partial charge is 0.276 e. The second kappa shape index (κ2) is 6.48. The van der Waals surface area contributed by atoms with E-state index >= 15 is 0 Å². The molecule has 0 bridgehead atoms. The molecule has 2 aliphatic heterocycles. The molecule has 2 fully saturated rings. The summed E-state index contributed by atoms with van der Waals surface area (Å²) in [5.41, 5.74) is 0.180. The molecule has 0 aromatic carbocycles. The fourth-order valence-corrected chi connectivity index (χ4v) is 3.76. The Balaban J connectivity index is 1.31. The van der Waals surface area contributed by atoms with Crippen molar-refractivity contribution in [1.82, 2.24) is 15.0 Å². The van der Waals surface area contributed by atoms with Crippen LogP contribution in [0.25, 0.3) is 0 Å². The Hall–Kier alpha value is -2.41. The van der Waals surface area contributed by atoms with E-state index in [1.165, 1.54) is 0 Å². The molecule has 4 rings (SSSR count). The molecule has 1 spiro atoms. The summed E-state index contributed by atoms with van der Waals surface area (Å²) in [6.07, 6.45) is 3.82. The quantitative estimate of drug-likeness (QED) is 0.896. The van der Waals surface area contributed by atoms with Gasteiger partial charge in [0.25, 0.3) is 5.91 Å². The van der Waals surface area contributed by atoms with Gasteiger partial charge in [0.2, 0.25) is 0 Å². The molecular formula is C18H22N4O3. The predicted molar refractivity (Wildman–Crippen MR) is 91.3 cm³/mol. The third-order valence-corrected chi connectivity index (χ3v) is 5.11. The first kappa shape index (κ1) is 16.1. The van der Waals surface area contributed by atoms with Crippen molar-refractivity contribution < 1.29 is 14.1 Å². The molecule has 1 atom stereocenters. The number of pyridine rings is 1. The molecule has 0 radical (unpaired) electrons. The molecule has 0 saturated carbocycles. The molecule has 2 saturated heterocycles. The lowest BCUT2D eigenvalue weighted by molar-refractivity contribution is -0.117. The Bertz CT molecular complexity index is 740. The summed E-state index contributed by atoms with van der Waals surface area (Å²) in [7, 11) is 0. The number of anilines is 1. The molecule has 1 amide bonds. The van der Waals surface area contributed by atoms with Gasteiger partial charge in [-0.3, -0.25) is 4.79 Å². The first-order valence-electron chi connectivity index (χ1n) is 8.68. The van der Waals surface area contributed by atoms with Gasteiger partial charge < -0.3 is 19.5 Å². The lowest BCUT2D eigenvalue weighted by atomic mass is 9.78. The minimum atomic E-state index is -0.194. The van der Waals surface area contributed by atoms with Crippen LogP contribution in [0, 0.1) is 12.8 Å². The lowest BCUT2D eigenvalue weighted by Crippen LogP contribution is -2.66. The first-order valence-corrected chi connectivity index (χ1v) is 8.68. The third-order valence-electron chi connectivity index (χ3n) is 5.11. The fraction of sp³-hybridized carbons (Fsp3) is 0.500. The van der Waals surface area contributed by atoms with Gasteiger partial charge in [0.1, 0.15) is 17.2 Å². The van der Waals surface area contributed by atoms with Gasteiger partial charge in [-0.05, 0) is 37.8 Å². The molecule has 7 heteroatoms. The summed E-state index contributed by atoms with van der Waals surface area (Å²) in [5.74, 6) is 1.91. The van der Waals surface area contributed by atoms with Crippen LogP contribution in [-0.4, -0.2) is 52.8 Å². The standard InChI is InChI=1S/C18H22N4O3/c1-13-10-15(21-25-13)17(23)22-11-18(12-22)14(6-9-24-18)5-8-20-16-4-2-3-7-19-16/h2-4,7,10,14H,5-6,8-9,11-12H2,1H3,(H,19,20). The summed E-state index contributed by atoms with van der Waals surface area (Å²) in [6.45, 7) is 4.66. The van der Waals surface area contributed by atoms with Crippen LogP contribution in [0.2, 0.25) is 0 Å². The van der Waals surface area contributed by atoms with Gasteiger partial charge in [0.05, 0.1) is 13.1 Å². The number of rotatable bonds is 5. The molecule has 2 aromatic heterocycles. The number of hydrogen-bond acceptors (Lipinski definition) is 6. The number of nitrogens with zero attached hydrogens (tertiary/aromatic N) is 3. The molecule has 132 valence electrons. The van der Waals surface area contributed by atoms with Crippen molar-refractivity contribution in [3.63, 3.8) is 0 Å². The van der Waals surface area contributed by atoms with E-state index in [4.69, 9.17) is 9.26 Å². The minimum Gasteiger partial charge on any atom is -0.371 e. The van der Waals surface area contributed by atoms with Gasteiger partial charge in [-0.1, -0.05) is 11.2 Å². The van der Waals surface area contributed by atoms with E-state index < -0.39 is 0 Å². The Kier molecular flexibility index (Phi) is 4.17. The van der Waals surface area contributed by atoms with Gasteiger partial charge in [-0.2, -0.15) is 0 Å². The van der Waals surface area contributed by atoms with Crippen LogP contribution < -0.4 is 5.32 Å². The third kappa shape index (κ3) is 3.11. The van der Waals surface area contributed by atoms with Crippen molar-refractivity contribution in [3.05, 3.63) is 41.9 Å². The van der Waals surface area contributed by atoms with Gasteiger partial charge in [0, 0.05) is 25.4 Å². The Morgan fingerprint density at radius 3 is 3.04 bits per heavy atom. The molecule has 1 unspecified atom stereocenters. The largest absolute Gasteiger partial charge is 0.371 e. The zero-order chi connectivity index (χ0) is 17.3. The molecule has 1 N–H and O–H groups in total. The summed E-state index contributed by atoms with van der Waals surface area (Å²) >= 11 is 0. The minimum absolute atomic E-state index is 0.0802. The zero-order valence-electron chi connectivity index (χ0n) is 14.3. The first-order chi connectivity index (χ1) is 12.2. The summed E-state index contributed by atoms with van der Waals surface area (Å²) in [4.78, 5) is 18.5. The van der Waals surface area contributed by atoms with Crippen LogP contribution in [0.1, 0.15) is 29.1 Å². The molecule has 0 aliphatic carbocycles. The fourth-order valence-electron chi connectivity index (χ4n) is 3.76. The SMILES string of the molecule is Cc1cc(C(=O)N2CC3(C2)OCCC3CCNc2ccccn2)no1. The van der Waals surface area contributed by atoms with E-state index in [-0.39, 0.29) is 11.5 Å². The van der Waals surface area contributed by atoms with E-state index in [9.17, 15) is 4.79 Å². The van der Waals surface area contributed by atoms with Gasteiger partial charge in [-0.25, -0.2) is 4.98 Å². The highest BCUT2D eigenvalue weighted by molar-refractivity contribution is 5.93. The van der Waals surface area contributed by atoms with Crippen molar-refractivity contribution >= 4 is 11.7 Å². The molecule has 2 aliphatic rings. The number of carbonyl (C=O) groups excluding carboxylic acids is 1. The maximum atomic E-state index is 12.4. The zero-order valence-corrected chi connectivity index (χ0v) is 14.3. The second-order valence-electron chi connectivity index (χ2n) is 6.81. The van der Waals surface area contributed by atoms with E-state index in [1.807, 2.05) is 18.2 Å². The Labute approximate surface area is 146 Å². The molecule has 2 aromatic rings. The van der Waals surface area contributed by atoms with Crippen molar-refractivity contribution in [2.24, 2.45) is 5.92 Å². The number of aromatic nitrogens is 2. The highest BCUT2D eigenvalue weighted by atomic mass is 16.5. The van der Waals surface area contributed by atoms with E-state index in [0.29, 0.717) is 30.5 Å². The molecule has 4 heterocycles. The lowest BCUT2D eigenvalue weighted by Gasteiger charge is -2.50. The number of nitrogens with one attached hydrogen (secondary N) is 1. The van der Waals surface area contributed by atoms with Gasteiger partial charge in [-0.15, -0.1) is 0 Å². The van der Waals surface area contributed by atoms with Gasteiger partial charge in [0.15, 0.2) is 5.69 Å². The number of likely N-dealkylation sites (tertiary alicyclic amines) is 1. The van der Waals surface area contributed by atoms with Crippen LogP contribution in [-0.2, 0) is 4.74 Å². The average Bonchev–Trinajstić information content (AvgIpc) is 3.20. The number of ether oxygens (including phenoxy) is 1. The maximum absolute atomic E-state index is 12.4. The van der Waals surface area contributed by atoms with E-state index in [2.05, 4.69) is 15.5 Å². The normalized spacial score (nSPS) is 21.3. The molecule has 7 nitrogen and oxygen atoms in total. The highest BCUT2D eigenvalue weighted by Crippen LogP contribution is 2.42. The number of carbonyl (C=O) groups is 1. The van der Waals surface area contributed by atoms with Crippen molar-refractivity contribution in [2.75, 3.05) is 31.6 Å². The molecule has 25 heavy (non-hydrogen) atoms. The topological polar surface area (TPSA) is 80.5 Å². The van der Waals surface area contributed by atoms with Gasteiger partial charge >= 0.3 is 0 Å². The maximum Gasteiger partial charge on any atom is 0.276 e. The number of aryl methyl sites for hydroxylation is 1. The summed E-state index contributed by atoms with van der Waals surface area (Å²) in [6, 6.07) is 7.51.